The number of fused-ring (bicyclic) bond motifs is 3. The van der Waals surface area contributed by atoms with Crippen LogP contribution >= 0.6 is 0 Å². The highest BCUT2D eigenvalue weighted by Gasteiger charge is 2.48. The van der Waals surface area contributed by atoms with Crippen LogP contribution in [0.15, 0.2) is 0 Å². The fourth-order valence-electron chi connectivity index (χ4n) is 6.68. The normalized spacial score (nSPS) is 42.0. The highest BCUT2D eigenvalue weighted by Crippen LogP contribution is 2.57. The first-order valence-corrected chi connectivity index (χ1v) is 11.1. The van der Waals surface area contributed by atoms with E-state index >= 15 is 0 Å². The third kappa shape index (κ3) is 3.84. The summed E-state index contributed by atoms with van der Waals surface area (Å²) in [4.78, 5) is 0. The molecule has 3 aliphatic carbocycles. The highest BCUT2D eigenvalue weighted by atomic mass is 14.5. The molecular formula is C23H39N. The van der Waals surface area contributed by atoms with Gasteiger partial charge in [-0.15, -0.1) is 0 Å². The molecule has 0 amide bonds. The zero-order valence-corrected chi connectivity index (χ0v) is 16.2. The Bertz CT molecular complexity index is 436. The SMILES string of the molecule is CCCC[C@@H]1CCC2C(CCC3C[C@](C#N)(CCCC)CCC32)C1. The molecular weight excluding hydrogens is 290 g/mol. The van der Waals surface area contributed by atoms with E-state index in [0.29, 0.717) is 0 Å². The van der Waals surface area contributed by atoms with Crippen LogP contribution in [0.4, 0.5) is 0 Å². The summed E-state index contributed by atoms with van der Waals surface area (Å²) in [6.45, 7) is 4.59. The zero-order valence-electron chi connectivity index (χ0n) is 16.2. The molecule has 6 atom stereocenters. The third-order valence-electron chi connectivity index (χ3n) is 8.03. The third-order valence-corrected chi connectivity index (χ3v) is 8.03. The minimum Gasteiger partial charge on any atom is -0.198 e. The molecule has 3 aliphatic rings. The van der Waals surface area contributed by atoms with Gasteiger partial charge in [0, 0.05) is 0 Å². The number of rotatable bonds is 6. The van der Waals surface area contributed by atoms with E-state index in [1.54, 1.807) is 0 Å². The quantitative estimate of drug-likeness (QED) is 0.509. The van der Waals surface area contributed by atoms with Gasteiger partial charge in [0.15, 0.2) is 0 Å². The number of unbranched alkanes of at least 4 members (excludes halogenated alkanes) is 2. The Morgan fingerprint density at radius 3 is 2.42 bits per heavy atom. The number of nitriles is 1. The number of hydrogen-bond acceptors (Lipinski definition) is 1. The van der Waals surface area contributed by atoms with Crippen molar-refractivity contribution in [2.24, 2.45) is 35.0 Å². The van der Waals surface area contributed by atoms with Gasteiger partial charge < -0.3 is 0 Å². The van der Waals surface area contributed by atoms with Gasteiger partial charge in [-0.1, -0.05) is 52.4 Å². The first kappa shape index (κ1) is 18.3. The van der Waals surface area contributed by atoms with Gasteiger partial charge in [-0.2, -0.15) is 5.26 Å². The lowest BCUT2D eigenvalue weighted by atomic mass is 9.52. The van der Waals surface area contributed by atoms with Crippen LogP contribution in [0.2, 0.25) is 0 Å². The van der Waals surface area contributed by atoms with Crippen LogP contribution in [-0.4, -0.2) is 0 Å². The van der Waals surface area contributed by atoms with E-state index in [9.17, 15) is 5.26 Å². The van der Waals surface area contributed by atoms with Crippen molar-refractivity contribution < 1.29 is 0 Å². The van der Waals surface area contributed by atoms with Crippen molar-refractivity contribution in [3.63, 3.8) is 0 Å². The summed E-state index contributed by atoms with van der Waals surface area (Å²) in [7, 11) is 0. The Labute approximate surface area is 150 Å². The van der Waals surface area contributed by atoms with Crippen LogP contribution in [0, 0.1) is 46.3 Å². The second-order valence-electron chi connectivity index (χ2n) is 9.49. The molecule has 3 saturated carbocycles. The van der Waals surface area contributed by atoms with Gasteiger partial charge in [0.25, 0.3) is 0 Å². The van der Waals surface area contributed by atoms with Crippen molar-refractivity contribution >= 4 is 0 Å². The average Bonchev–Trinajstić information content (AvgIpc) is 2.64. The molecule has 0 heterocycles. The van der Waals surface area contributed by atoms with Gasteiger partial charge in [-0.3, -0.25) is 0 Å². The van der Waals surface area contributed by atoms with Crippen LogP contribution in [0.25, 0.3) is 0 Å². The van der Waals surface area contributed by atoms with Gasteiger partial charge in [0.1, 0.15) is 0 Å². The van der Waals surface area contributed by atoms with Crippen LogP contribution in [-0.2, 0) is 0 Å². The molecule has 0 aromatic rings. The summed E-state index contributed by atoms with van der Waals surface area (Å²) >= 11 is 0. The maximum atomic E-state index is 9.86. The van der Waals surface area contributed by atoms with Gasteiger partial charge in [-0.25, -0.2) is 0 Å². The van der Waals surface area contributed by atoms with E-state index < -0.39 is 0 Å². The van der Waals surface area contributed by atoms with E-state index in [4.69, 9.17) is 0 Å². The maximum absolute atomic E-state index is 9.86. The predicted molar refractivity (Wildman–Crippen MR) is 101 cm³/mol. The van der Waals surface area contributed by atoms with Gasteiger partial charge in [-0.05, 0) is 81.0 Å². The van der Waals surface area contributed by atoms with Crippen LogP contribution < -0.4 is 0 Å². The summed E-state index contributed by atoms with van der Waals surface area (Å²) in [6.07, 6.45) is 19.2. The fraction of sp³-hybridized carbons (Fsp3) is 0.957. The largest absolute Gasteiger partial charge is 0.198 e. The zero-order chi connectivity index (χ0) is 17.0. The van der Waals surface area contributed by atoms with Gasteiger partial charge >= 0.3 is 0 Å². The number of hydrogen-bond donors (Lipinski definition) is 0. The minimum absolute atomic E-state index is 0.0440. The molecule has 0 spiro atoms. The maximum Gasteiger partial charge on any atom is 0.0689 e. The Balaban J connectivity index is 1.59. The first-order chi connectivity index (χ1) is 11.7. The lowest BCUT2D eigenvalue weighted by Gasteiger charge is -2.52. The molecule has 0 saturated heterocycles. The minimum atomic E-state index is 0.0440. The summed E-state index contributed by atoms with van der Waals surface area (Å²) < 4.78 is 0. The van der Waals surface area contributed by atoms with E-state index in [2.05, 4.69) is 19.9 Å². The van der Waals surface area contributed by atoms with Crippen LogP contribution in [0.5, 0.6) is 0 Å². The van der Waals surface area contributed by atoms with Crippen molar-refractivity contribution in [3.05, 3.63) is 0 Å². The standard InChI is InChI=1S/C23H39N/c1-3-5-7-18-8-11-21-19(15-18)9-10-20-16-23(17-24,13-6-4-2)14-12-22(20)21/h18-22H,3-16H2,1-2H3/t18-,19?,20?,21?,22?,23+/m1/s1. The number of nitrogens with zero attached hydrogens (tertiary/aromatic N) is 1. The highest BCUT2D eigenvalue weighted by molar-refractivity contribution is 5.06. The molecule has 3 rings (SSSR count). The first-order valence-electron chi connectivity index (χ1n) is 11.1. The molecule has 0 aromatic heterocycles. The fourth-order valence-corrected chi connectivity index (χ4v) is 6.68. The predicted octanol–water partition coefficient (Wildman–Crippen LogP) is 7.12. The lowest BCUT2D eigenvalue weighted by molar-refractivity contribution is -0.0180. The Hall–Kier alpha value is -0.510. The van der Waals surface area contributed by atoms with E-state index in [1.165, 1.54) is 83.5 Å². The Kier molecular flexibility index (Phi) is 6.28. The van der Waals surface area contributed by atoms with E-state index in [1.807, 2.05) is 0 Å². The van der Waals surface area contributed by atoms with Crippen LogP contribution in [0.1, 0.15) is 104 Å². The van der Waals surface area contributed by atoms with Crippen molar-refractivity contribution in [2.75, 3.05) is 0 Å². The summed E-state index contributed by atoms with van der Waals surface area (Å²) in [5.74, 6) is 4.94. The second-order valence-corrected chi connectivity index (χ2v) is 9.49. The Morgan fingerprint density at radius 1 is 0.917 bits per heavy atom. The molecule has 4 unspecified atom stereocenters. The van der Waals surface area contributed by atoms with Crippen molar-refractivity contribution in [1.29, 1.82) is 5.26 Å². The molecule has 0 radical (unpaired) electrons. The molecule has 1 nitrogen and oxygen atoms in total. The Morgan fingerprint density at radius 2 is 1.67 bits per heavy atom. The lowest BCUT2D eigenvalue weighted by Crippen LogP contribution is -2.44. The van der Waals surface area contributed by atoms with Crippen molar-refractivity contribution in [1.82, 2.24) is 0 Å². The van der Waals surface area contributed by atoms with Crippen LogP contribution in [0.3, 0.4) is 0 Å². The summed E-state index contributed by atoms with van der Waals surface area (Å²) in [5.41, 5.74) is 0.0440. The molecule has 0 N–H and O–H groups in total. The average molecular weight is 330 g/mol. The molecule has 0 aliphatic heterocycles. The van der Waals surface area contributed by atoms with E-state index in [0.717, 1.165) is 36.0 Å². The monoisotopic (exact) mass is 329 g/mol. The van der Waals surface area contributed by atoms with Gasteiger partial charge in [0.2, 0.25) is 0 Å². The second kappa shape index (κ2) is 8.25. The van der Waals surface area contributed by atoms with E-state index in [-0.39, 0.29) is 5.41 Å². The molecule has 0 aromatic carbocycles. The topological polar surface area (TPSA) is 23.8 Å². The van der Waals surface area contributed by atoms with Gasteiger partial charge in [0.05, 0.1) is 11.5 Å². The molecule has 1 heteroatoms. The smallest absolute Gasteiger partial charge is 0.0689 e. The van der Waals surface area contributed by atoms with Crippen molar-refractivity contribution in [3.8, 4) is 6.07 Å². The molecule has 136 valence electrons. The molecule has 3 fully saturated rings. The van der Waals surface area contributed by atoms with Crippen molar-refractivity contribution in [2.45, 2.75) is 104 Å². The molecule has 0 bridgehead atoms. The molecule has 24 heavy (non-hydrogen) atoms. The summed E-state index contributed by atoms with van der Waals surface area (Å²) in [6, 6.07) is 2.79. The summed E-state index contributed by atoms with van der Waals surface area (Å²) in [5, 5.41) is 9.86.